The molecular formula is C13H20ClN3O. The smallest absolute Gasteiger partial charge is 0.135 e. The van der Waals surface area contributed by atoms with Crippen molar-refractivity contribution in [1.29, 1.82) is 0 Å². The molecule has 18 heavy (non-hydrogen) atoms. The zero-order valence-corrected chi connectivity index (χ0v) is 11.5. The average molecular weight is 270 g/mol. The van der Waals surface area contributed by atoms with E-state index in [9.17, 15) is 0 Å². The summed E-state index contributed by atoms with van der Waals surface area (Å²) in [7, 11) is 0. The average Bonchev–Trinajstić information content (AvgIpc) is 3.17. The van der Waals surface area contributed by atoms with E-state index in [0.29, 0.717) is 17.7 Å². The van der Waals surface area contributed by atoms with Gasteiger partial charge in [0.15, 0.2) is 0 Å². The molecule has 0 bridgehead atoms. The monoisotopic (exact) mass is 269 g/mol. The molecule has 1 aliphatic rings. The second-order valence-corrected chi connectivity index (χ2v) is 4.99. The van der Waals surface area contributed by atoms with E-state index in [4.69, 9.17) is 16.3 Å². The van der Waals surface area contributed by atoms with Gasteiger partial charge < -0.3 is 10.1 Å². The second kappa shape index (κ2) is 6.90. The van der Waals surface area contributed by atoms with E-state index < -0.39 is 0 Å². The Kier molecular flexibility index (Phi) is 5.20. The van der Waals surface area contributed by atoms with Gasteiger partial charge in [0.05, 0.1) is 6.61 Å². The Balaban J connectivity index is 1.74. The van der Waals surface area contributed by atoms with E-state index in [0.717, 1.165) is 31.2 Å². The minimum Gasteiger partial charge on any atom is -0.380 e. The molecule has 100 valence electrons. The molecule has 4 nitrogen and oxygen atoms in total. The number of nitrogens with one attached hydrogen (secondary N) is 1. The maximum atomic E-state index is 5.98. The Labute approximate surface area is 113 Å². The van der Waals surface area contributed by atoms with Gasteiger partial charge in [0.2, 0.25) is 0 Å². The van der Waals surface area contributed by atoms with Crippen LogP contribution in [0.15, 0.2) is 6.07 Å². The fraction of sp³-hybridized carbons (Fsp3) is 0.692. The molecule has 0 aromatic carbocycles. The van der Waals surface area contributed by atoms with Crippen molar-refractivity contribution in [3.05, 3.63) is 17.0 Å². The highest BCUT2D eigenvalue weighted by Gasteiger charge is 2.27. The van der Waals surface area contributed by atoms with Crippen molar-refractivity contribution in [2.24, 2.45) is 0 Å². The summed E-state index contributed by atoms with van der Waals surface area (Å²) in [6.45, 7) is 4.43. The van der Waals surface area contributed by atoms with Crippen LogP contribution in [-0.4, -0.2) is 29.7 Å². The molecule has 0 unspecified atom stereocenters. The first-order valence-electron chi connectivity index (χ1n) is 6.65. The molecule has 1 aromatic heterocycles. The summed E-state index contributed by atoms with van der Waals surface area (Å²) in [4.78, 5) is 8.72. The normalized spacial score (nSPS) is 14.8. The highest BCUT2D eigenvalue weighted by atomic mass is 35.5. The molecule has 1 heterocycles. The first-order valence-corrected chi connectivity index (χ1v) is 7.03. The van der Waals surface area contributed by atoms with Crippen LogP contribution in [0, 0.1) is 0 Å². The number of hydrogen-bond acceptors (Lipinski definition) is 4. The van der Waals surface area contributed by atoms with Gasteiger partial charge in [-0.15, -0.1) is 0 Å². The van der Waals surface area contributed by atoms with Crippen LogP contribution >= 0.6 is 11.6 Å². The first-order chi connectivity index (χ1) is 8.79. The molecule has 0 aliphatic heterocycles. The minimum atomic E-state index is 0.515. The van der Waals surface area contributed by atoms with Crippen molar-refractivity contribution >= 4 is 17.4 Å². The van der Waals surface area contributed by atoms with E-state index >= 15 is 0 Å². The molecule has 1 saturated carbocycles. The van der Waals surface area contributed by atoms with Gasteiger partial charge in [0.25, 0.3) is 0 Å². The number of ether oxygens (including phenoxy) is 1. The third kappa shape index (κ3) is 4.42. The summed E-state index contributed by atoms with van der Waals surface area (Å²) < 4.78 is 5.48. The number of anilines is 1. The molecule has 0 radical (unpaired) electrons. The Morgan fingerprint density at radius 3 is 2.94 bits per heavy atom. The van der Waals surface area contributed by atoms with Gasteiger partial charge in [-0.25, -0.2) is 9.97 Å². The van der Waals surface area contributed by atoms with E-state index in [2.05, 4.69) is 22.2 Å². The Bertz CT molecular complexity index is 382. The first kappa shape index (κ1) is 13.6. The Morgan fingerprint density at radius 2 is 2.22 bits per heavy atom. The van der Waals surface area contributed by atoms with Crippen molar-refractivity contribution in [3.8, 4) is 0 Å². The highest BCUT2D eigenvalue weighted by Crippen LogP contribution is 2.38. The van der Waals surface area contributed by atoms with Crippen molar-refractivity contribution in [1.82, 2.24) is 9.97 Å². The van der Waals surface area contributed by atoms with Crippen LogP contribution in [0.25, 0.3) is 0 Å². The number of aromatic nitrogens is 2. The lowest BCUT2D eigenvalue weighted by atomic mass is 10.4. The van der Waals surface area contributed by atoms with Gasteiger partial charge in [-0.3, -0.25) is 0 Å². The van der Waals surface area contributed by atoms with E-state index in [-0.39, 0.29) is 0 Å². The van der Waals surface area contributed by atoms with Gasteiger partial charge in [0.1, 0.15) is 16.8 Å². The molecule has 1 fully saturated rings. The fourth-order valence-corrected chi connectivity index (χ4v) is 1.84. The maximum absolute atomic E-state index is 5.98. The van der Waals surface area contributed by atoms with Gasteiger partial charge in [-0.1, -0.05) is 24.9 Å². The summed E-state index contributed by atoms with van der Waals surface area (Å²) in [6.07, 6.45) is 4.64. The van der Waals surface area contributed by atoms with Crippen LogP contribution in [0.4, 0.5) is 5.82 Å². The fourth-order valence-electron chi connectivity index (χ4n) is 1.65. The van der Waals surface area contributed by atoms with Crippen molar-refractivity contribution in [2.75, 3.05) is 25.1 Å². The third-order valence-electron chi connectivity index (χ3n) is 2.85. The number of rotatable bonds is 8. The lowest BCUT2D eigenvalue weighted by Crippen LogP contribution is -2.11. The van der Waals surface area contributed by atoms with Crippen molar-refractivity contribution < 1.29 is 4.74 Å². The van der Waals surface area contributed by atoms with E-state index in [1.165, 1.54) is 19.3 Å². The zero-order valence-electron chi connectivity index (χ0n) is 10.8. The summed E-state index contributed by atoms with van der Waals surface area (Å²) >= 11 is 5.98. The number of hydrogen-bond donors (Lipinski definition) is 1. The molecule has 2 rings (SSSR count). The van der Waals surface area contributed by atoms with Crippen LogP contribution in [0.5, 0.6) is 0 Å². The molecule has 1 aliphatic carbocycles. The summed E-state index contributed by atoms with van der Waals surface area (Å²) in [6, 6.07) is 1.76. The van der Waals surface area contributed by atoms with Gasteiger partial charge in [-0.2, -0.15) is 0 Å². The largest absolute Gasteiger partial charge is 0.380 e. The van der Waals surface area contributed by atoms with Crippen molar-refractivity contribution in [3.63, 3.8) is 0 Å². The topological polar surface area (TPSA) is 47.0 Å². The van der Waals surface area contributed by atoms with Gasteiger partial charge in [0, 0.05) is 25.1 Å². The molecule has 1 N–H and O–H groups in total. The minimum absolute atomic E-state index is 0.515. The van der Waals surface area contributed by atoms with Crippen LogP contribution in [0.2, 0.25) is 5.15 Å². The number of nitrogens with zero attached hydrogens (tertiary/aromatic N) is 2. The standard InChI is InChI=1S/C13H20ClN3O/c1-2-3-7-18-8-6-15-12-9-11(14)16-13(17-12)10-4-5-10/h9-10H,2-8H2,1H3,(H,15,16,17). The van der Waals surface area contributed by atoms with Crippen LogP contribution in [0.3, 0.4) is 0 Å². The summed E-state index contributed by atoms with van der Waals surface area (Å²) in [5, 5.41) is 3.74. The van der Waals surface area contributed by atoms with E-state index in [1.54, 1.807) is 6.07 Å². The third-order valence-corrected chi connectivity index (χ3v) is 3.04. The molecule has 0 atom stereocenters. The predicted molar refractivity (Wildman–Crippen MR) is 73.2 cm³/mol. The van der Waals surface area contributed by atoms with Crippen LogP contribution in [-0.2, 0) is 4.74 Å². The number of unbranched alkanes of at least 4 members (excludes halogenated alkanes) is 1. The Hall–Kier alpha value is -0.870. The van der Waals surface area contributed by atoms with Crippen molar-refractivity contribution in [2.45, 2.75) is 38.5 Å². The lowest BCUT2D eigenvalue weighted by Gasteiger charge is -2.08. The predicted octanol–water partition coefficient (Wildman–Crippen LogP) is 3.24. The quantitative estimate of drug-likeness (QED) is 0.581. The van der Waals surface area contributed by atoms with E-state index in [1.807, 2.05) is 0 Å². The maximum Gasteiger partial charge on any atom is 0.135 e. The van der Waals surface area contributed by atoms with Gasteiger partial charge >= 0.3 is 0 Å². The zero-order chi connectivity index (χ0) is 12.8. The van der Waals surface area contributed by atoms with Gasteiger partial charge in [-0.05, 0) is 19.3 Å². The molecule has 0 spiro atoms. The van der Waals surface area contributed by atoms with Crippen LogP contribution in [0.1, 0.15) is 44.3 Å². The molecule has 1 aromatic rings. The molecule has 0 saturated heterocycles. The molecular weight excluding hydrogens is 250 g/mol. The van der Waals surface area contributed by atoms with Crippen LogP contribution < -0.4 is 5.32 Å². The number of halogens is 1. The lowest BCUT2D eigenvalue weighted by molar-refractivity contribution is 0.141. The molecule has 5 heteroatoms. The SMILES string of the molecule is CCCCOCCNc1cc(Cl)nc(C2CC2)n1. The summed E-state index contributed by atoms with van der Waals surface area (Å²) in [5.41, 5.74) is 0. The second-order valence-electron chi connectivity index (χ2n) is 4.60. The molecule has 0 amide bonds. The summed E-state index contributed by atoms with van der Waals surface area (Å²) in [5.74, 6) is 2.19. The Morgan fingerprint density at radius 1 is 1.39 bits per heavy atom. The highest BCUT2D eigenvalue weighted by molar-refractivity contribution is 6.29.